The number of nitrogens with two attached hydrogens (primary N) is 1. The van der Waals surface area contributed by atoms with Crippen molar-refractivity contribution in [3.63, 3.8) is 0 Å². The molecule has 0 saturated heterocycles. The van der Waals surface area contributed by atoms with Crippen molar-refractivity contribution in [2.75, 3.05) is 13.1 Å². The molecule has 96 valence electrons. The Hall–Kier alpha value is -2.02. The molecule has 0 radical (unpaired) electrons. The predicted molar refractivity (Wildman–Crippen MR) is 74.4 cm³/mol. The van der Waals surface area contributed by atoms with Crippen molar-refractivity contribution in [2.24, 2.45) is 16.6 Å². The number of aliphatic imine (C=N–C) groups is 1. The van der Waals surface area contributed by atoms with Crippen LogP contribution in [0.25, 0.3) is 0 Å². The second kappa shape index (κ2) is 7.33. The Bertz CT molecular complexity index is 417. The van der Waals surface area contributed by atoms with Gasteiger partial charge in [0, 0.05) is 13.1 Å². The minimum absolute atomic E-state index is 0.456. The van der Waals surface area contributed by atoms with Crippen molar-refractivity contribution in [3.8, 4) is 6.07 Å². The third kappa shape index (κ3) is 4.88. The Labute approximate surface area is 109 Å². The van der Waals surface area contributed by atoms with Gasteiger partial charge in [0.05, 0.1) is 18.2 Å². The summed E-state index contributed by atoms with van der Waals surface area (Å²) in [5.74, 6) is 0.957. The van der Waals surface area contributed by atoms with Crippen LogP contribution in [-0.4, -0.2) is 23.9 Å². The van der Waals surface area contributed by atoms with E-state index in [2.05, 4.69) is 24.9 Å². The lowest BCUT2D eigenvalue weighted by molar-refractivity contribution is 0.368. The fourth-order valence-electron chi connectivity index (χ4n) is 1.63. The molecule has 18 heavy (non-hydrogen) atoms. The summed E-state index contributed by atoms with van der Waals surface area (Å²) in [6, 6.07) is 11.7. The standard InChI is InChI=1S/C14H20N4/c1-12(2)11-18(10-6-9-15)14(16)17-13-7-4-3-5-8-13/h3-5,7-8,12H,6,10-11H2,1-2H3,(H2,16,17). The SMILES string of the molecule is CC(C)CN(CCC#N)C(N)=Nc1ccccc1. The molecule has 0 spiro atoms. The molecule has 1 aromatic carbocycles. The van der Waals surface area contributed by atoms with E-state index in [1.807, 2.05) is 35.2 Å². The lowest BCUT2D eigenvalue weighted by atomic mass is 10.2. The summed E-state index contributed by atoms with van der Waals surface area (Å²) >= 11 is 0. The molecule has 1 aromatic rings. The summed E-state index contributed by atoms with van der Waals surface area (Å²) in [5, 5.41) is 8.66. The number of nitrogens with zero attached hydrogens (tertiary/aromatic N) is 3. The predicted octanol–water partition coefficient (Wildman–Crippen LogP) is 2.50. The molecule has 2 N–H and O–H groups in total. The number of benzene rings is 1. The maximum absolute atomic E-state index is 8.66. The molecule has 4 heteroatoms. The van der Waals surface area contributed by atoms with Gasteiger partial charge in [0.15, 0.2) is 5.96 Å². The van der Waals surface area contributed by atoms with E-state index >= 15 is 0 Å². The molecule has 0 atom stereocenters. The number of guanidine groups is 1. The minimum atomic E-state index is 0.456. The number of rotatable bonds is 5. The summed E-state index contributed by atoms with van der Waals surface area (Å²) in [5.41, 5.74) is 6.84. The first-order valence-corrected chi connectivity index (χ1v) is 6.14. The van der Waals surface area contributed by atoms with E-state index in [-0.39, 0.29) is 0 Å². The molecule has 0 aliphatic heterocycles. The van der Waals surface area contributed by atoms with Crippen molar-refractivity contribution < 1.29 is 0 Å². The van der Waals surface area contributed by atoms with Gasteiger partial charge in [-0.25, -0.2) is 4.99 Å². The average Bonchev–Trinajstić information content (AvgIpc) is 2.35. The fraction of sp³-hybridized carbons (Fsp3) is 0.429. The van der Waals surface area contributed by atoms with Crippen LogP contribution in [0.2, 0.25) is 0 Å². The second-order valence-corrected chi connectivity index (χ2v) is 4.55. The number of para-hydroxylation sites is 1. The number of hydrogen-bond acceptors (Lipinski definition) is 2. The van der Waals surface area contributed by atoms with Crippen LogP contribution in [0, 0.1) is 17.2 Å². The van der Waals surface area contributed by atoms with Crippen molar-refractivity contribution in [1.82, 2.24) is 4.90 Å². The fourth-order valence-corrected chi connectivity index (χ4v) is 1.63. The highest BCUT2D eigenvalue weighted by Gasteiger charge is 2.09. The van der Waals surface area contributed by atoms with E-state index in [4.69, 9.17) is 11.0 Å². The third-order valence-electron chi connectivity index (χ3n) is 2.40. The van der Waals surface area contributed by atoms with Gasteiger partial charge in [0.1, 0.15) is 0 Å². The lowest BCUT2D eigenvalue weighted by Crippen LogP contribution is -2.40. The van der Waals surface area contributed by atoms with E-state index in [1.165, 1.54) is 0 Å². The summed E-state index contributed by atoms with van der Waals surface area (Å²) < 4.78 is 0. The molecular weight excluding hydrogens is 224 g/mol. The zero-order valence-corrected chi connectivity index (χ0v) is 11.0. The maximum atomic E-state index is 8.66. The van der Waals surface area contributed by atoms with Gasteiger partial charge in [-0.05, 0) is 18.1 Å². The molecule has 0 aliphatic rings. The van der Waals surface area contributed by atoms with Gasteiger partial charge in [0.2, 0.25) is 0 Å². The van der Waals surface area contributed by atoms with Gasteiger partial charge >= 0.3 is 0 Å². The van der Waals surface area contributed by atoms with Crippen LogP contribution in [0.5, 0.6) is 0 Å². The van der Waals surface area contributed by atoms with E-state index in [0.29, 0.717) is 24.8 Å². The van der Waals surface area contributed by atoms with E-state index in [9.17, 15) is 0 Å². The molecule has 0 fully saturated rings. The summed E-state index contributed by atoms with van der Waals surface area (Å²) in [6.07, 6.45) is 0.456. The van der Waals surface area contributed by atoms with Gasteiger partial charge in [-0.3, -0.25) is 0 Å². The van der Waals surface area contributed by atoms with Gasteiger partial charge in [-0.15, -0.1) is 0 Å². The second-order valence-electron chi connectivity index (χ2n) is 4.55. The van der Waals surface area contributed by atoms with Crippen LogP contribution in [-0.2, 0) is 0 Å². The summed E-state index contributed by atoms with van der Waals surface area (Å²) in [6.45, 7) is 5.67. The largest absolute Gasteiger partial charge is 0.369 e. The first-order chi connectivity index (χ1) is 8.63. The monoisotopic (exact) mass is 244 g/mol. The van der Waals surface area contributed by atoms with Gasteiger partial charge < -0.3 is 10.6 Å². The van der Waals surface area contributed by atoms with Crippen molar-refractivity contribution in [3.05, 3.63) is 30.3 Å². The van der Waals surface area contributed by atoms with E-state index in [1.54, 1.807) is 0 Å². The smallest absolute Gasteiger partial charge is 0.196 e. The molecule has 0 unspecified atom stereocenters. The van der Waals surface area contributed by atoms with Gasteiger partial charge in [0.25, 0.3) is 0 Å². The maximum Gasteiger partial charge on any atom is 0.196 e. The van der Waals surface area contributed by atoms with Crippen molar-refractivity contribution in [2.45, 2.75) is 20.3 Å². The molecule has 0 saturated carbocycles. The molecule has 1 rings (SSSR count). The third-order valence-corrected chi connectivity index (χ3v) is 2.40. The zero-order chi connectivity index (χ0) is 13.4. The highest BCUT2D eigenvalue weighted by atomic mass is 15.2. The minimum Gasteiger partial charge on any atom is -0.369 e. The van der Waals surface area contributed by atoms with Crippen molar-refractivity contribution in [1.29, 1.82) is 5.26 Å². The normalized spacial score (nSPS) is 11.3. The topological polar surface area (TPSA) is 65.4 Å². The van der Waals surface area contributed by atoms with Crippen LogP contribution < -0.4 is 5.73 Å². The number of hydrogen-bond donors (Lipinski definition) is 1. The Balaban J connectivity index is 2.77. The van der Waals surface area contributed by atoms with Gasteiger partial charge in [-0.2, -0.15) is 5.26 Å². The van der Waals surface area contributed by atoms with E-state index in [0.717, 1.165) is 12.2 Å². The Morgan fingerprint density at radius 1 is 1.39 bits per heavy atom. The van der Waals surface area contributed by atoms with Crippen LogP contribution >= 0.6 is 0 Å². The first kappa shape index (κ1) is 14.0. The first-order valence-electron chi connectivity index (χ1n) is 6.14. The summed E-state index contributed by atoms with van der Waals surface area (Å²) in [4.78, 5) is 6.34. The average molecular weight is 244 g/mol. The Morgan fingerprint density at radius 2 is 2.06 bits per heavy atom. The molecule has 0 aliphatic carbocycles. The highest BCUT2D eigenvalue weighted by Crippen LogP contribution is 2.11. The molecule has 0 aromatic heterocycles. The highest BCUT2D eigenvalue weighted by molar-refractivity contribution is 5.81. The van der Waals surface area contributed by atoms with Crippen molar-refractivity contribution >= 4 is 11.6 Å². The van der Waals surface area contributed by atoms with Gasteiger partial charge in [-0.1, -0.05) is 32.0 Å². The molecule has 0 heterocycles. The zero-order valence-electron chi connectivity index (χ0n) is 11.0. The van der Waals surface area contributed by atoms with Crippen LogP contribution in [0.1, 0.15) is 20.3 Å². The van der Waals surface area contributed by atoms with Crippen LogP contribution in [0.3, 0.4) is 0 Å². The Kier molecular flexibility index (Phi) is 5.72. The van der Waals surface area contributed by atoms with Crippen LogP contribution in [0.4, 0.5) is 5.69 Å². The van der Waals surface area contributed by atoms with Crippen LogP contribution in [0.15, 0.2) is 35.3 Å². The molecule has 0 bridgehead atoms. The molecule has 0 amide bonds. The lowest BCUT2D eigenvalue weighted by Gasteiger charge is -2.24. The quantitative estimate of drug-likeness (QED) is 0.639. The Morgan fingerprint density at radius 3 is 2.61 bits per heavy atom. The molecule has 4 nitrogen and oxygen atoms in total. The van der Waals surface area contributed by atoms with E-state index < -0.39 is 0 Å². The number of nitriles is 1. The summed E-state index contributed by atoms with van der Waals surface area (Å²) in [7, 11) is 0. The molecular formula is C14H20N4.